The van der Waals surface area contributed by atoms with Crippen LogP contribution in [0.3, 0.4) is 0 Å². The number of aryl methyl sites for hydroxylation is 2. The van der Waals surface area contributed by atoms with Gasteiger partial charge in [0.25, 0.3) is 0 Å². The molecule has 1 heterocycles. The van der Waals surface area contributed by atoms with E-state index in [1.807, 2.05) is 37.3 Å². The predicted molar refractivity (Wildman–Crippen MR) is 120 cm³/mol. The van der Waals surface area contributed by atoms with E-state index in [9.17, 15) is 13.2 Å². The lowest BCUT2D eigenvalue weighted by atomic mass is 9.73. The van der Waals surface area contributed by atoms with Crippen molar-refractivity contribution < 1.29 is 17.9 Å². The summed E-state index contributed by atoms with van der Waals surface area (Å²) in [5, 5.41) is 2.92. The van der Waals surface area contributed by atoms with Gasteiger partial charge in [-0.1, -0.05) is 40.2 Å². The van der Waals surface area contributed by atoms with Gasteiger partial charge in [0.1, 0.15) is 0 Å². The lowest BCUT2D eigenvalue weighted by Crippen LogP contribution is -2.49. The largest absolute Gasteiger partial charge is 0.381 e. The molecule has 0 bridgehead atoms. The van der Waals surface area contributed by atoms with Crippen LogP contribution in [0.2, 0.25) is 0 Å². The zero-order valence-corrected chi connectivity index (χ0v) is 19.6. The molecule has 0 unspecified atom stereocenters. The molecule has 1 saturated heterocycles. The number of hydrogen-bond donors (Lipinski definition) is 2. The highest BCUT2D eigenvalue weighted by atomic mass is 79.9. The molecule has 0 aromatic heterocycles. The summed E-state index contributed by atoms with van der Waals surface area (Å²) in [5.74, 6) is -0.0981. The van der Waals surface area contributed by atoms with Crippen LogP contribution in [0.1, 0.15) is 29.5 Å². The Morgan fingerprint density at radius 3 is 2.40 bits per heavy atom. The SMILES string of the molecule is Cc1ccc(C)c(S(=O)(=O)NCCNC(=O)C2(c3ccc(Br)cc3)CCOCC2)c1. The molecule has 2 aromatic carbocycles. The lowest BCUT2D eigenvalue weighted by Gasteiger charge is -2.36. The fourth-order valence-corrected chi connectivity index (χ4v) is 5.36. The maximum atomic E-state index is 13.1. The van der Waals surface area contributed by atoms with E-state index in [1.54, 1.807) is 19.1 Å². The molecule has 1 fully saturated rings. The number of halogens is 1. The van der Waals surface area contributed by atoms with Gasteiger partial charge in [-0.05, 0) is 61.6 Å². The van der Waals surface area contributed by atoms with E-state index in [1.165, 1.54) is 0 Å². The topological polar surface area (TPSA) is 84.5 Å². The molecule has 1 aliphatic heterocycles. The van der Waals surface area contributed by atoms with Gasteiger partial charge in [-0.15, -0.1) is 0 Å². The Morgan fingerprint density at radius 1 is 1.07 bits per heavy atom. The number of amides is 1. The fraction of sp³-hybridized carbons (Fsp3) is 0.409. The second kappa shape index (κ2) is 9.60. The molecule has 2 aromatic rings. The van der Waals surface area contributed by atoms with Crippen molar-refractivity contribution in [2.24, 2.45) is 0 Å². The Morgan fingerprint density at radius 2 is 1.73 bits per heavy atom. The van der Waals surface area contributed by atoms with Crippen molar-refractivity contribution in [1.29, 1.82) is 0 Å². The van der Waals surface area contributed by atoms with E-state index in [0.717, 1.165) is 15.6 Å². The predicted octanol–water partition coefficient (Wildman–Crippen LogP) is 3.21. The minimum absolute atomic E-state index is 0.0981. The Bertz CT molecular complexity index is 1000. The molecule has 0 aliphatic carbocycles. The van der Waals surface area contributed by atoms with Crippen LogP contribution in [-0.2, 0) is 25.0 Å². The highest BCUT2D eigenvalue weighted by molar-refractivity contribution is 9.10. The first-order valence-electron chi connectivity index (χ1n) is 9.94. The van der Waals surface area contributed by atoms with E-state index < -0.39 is 15.4 Å². The van der Waals surface area contributed by atoms with Gasteiger partial charge in [-0.25, -0.2) is 13.1 Å². The van der Waals surface area contributed by atoms with Crippen molar-refractivity contribution in [3.63, 3.8) is 0 Å². The molecule has 3 rings (SSSR count). The van der Waals surface area contributed by atoms with Gasteiger partial charge in [0, 0.05) is 30.8 Å². The van der Waals surface area contributed by atoms with Gasteiger partial charge in [0.15, 0.2) is 0 Å². The average Bonchev–Trinajstić information content (AvgIpc) is 2.73. The van der Waals surface area contributed by atoms with Crippen LogP contribution in [0.5, 0.6) is 0 Å². The van der Waals surface area contributed by atoms with Crippen molar-refractivity contribution in [2.75, 3.05) is 26.3 Å². The summed E-state index contributed by atoms with van der Waals surface area (Å²) >= 11 is 3.43. The zero-order chi connectivity index (χ0) is 21.8. The third-order valence-electron chi connectivity index (χ3n) is 5.51. The van der Waals surface area contributed by atoms with Crippen molar-refractivity contribution in [1.82, 2.24) is 10.0 Å². The zero-order valence-electron chi connectivity index (χ0n) is 17.2. The summed E-state index contributed by atoms with van der Waals surface area (Å²) in [7, 11) is -3.63. The second-order valence-corrected chi connectivity index (χ2v) is 10.3. The molecule has 6 nitrogen and oxygen atoms in total. The van der Waals surface area contributed by atoms with Crippen molar-refractivity contribution >= 4 is 31.9 Å². The van der Waals surface area contributed by atoms with E-state index in [4.69, 9.17) is 4.74 Å². The molecule has 30 heavy (non-hydrogen) atoms. The Hall–Kier alpha value is -1.74. The Balaban J connectivity index is 1.65. The van der Waals surface area contributed by atoms with Gasteiger partial charge in [0.05, 0.1) is 10.3 Å². The standard InChI is InChI=1S/C22H27BrN2O4S/c1-16-3-4-17(2)20(15-16)30(27,28)25-12-11-24-21(26)22(9-13-29-14-10-22)18-5-7-19(23)8-6-18/h3-8,15,25H,9-14H2,1-2H3,(H,24,26). The monoisotopic (exact) mass is 494 g/mol. The highest BCUT2D eigenvalue weighted by Gasteiger charge is 2.41. The minimum atomic E-state index is -3.63. The quantitative estimate of drug-likeness (QED) is 0.578. The van der Waals surface area contributed by atoms with Crippen LogP contribution in [0.15, 0.2) is 51.8 Å². The molecule has 1 aliphatic rings. The van der Waals surface area contributed by atoms with Gasteiger partial charge in [-0.3, -0.25) is 4.79 Å². The van der Waals surface area contributed by atoms with Gasteiger partial charge in [0.2, 0.25) is 15.9 Å². The average molecular weight is 495 g/mol. The smallest absolute Gasteiger partial charge is 0.240 e. The van der Waals surface area contributed by atoms with Gasteiger partial charge >= 0.3 is 0 Å². The number of carbonyl (C=O) groups excluding carboxylic acids is 1. The van der Waals surface area contributed by atoms with Crippen LogP contribution < -0.4 is 10.0 Å². The summed E-state index contributed by atoms with van der Waals surface area (Å²) in [6.07, 6.45) is 1.18. The molecule has 8 heteroatoms. The first-order chi connectivity index (χ1) is 14.2. The van der Waals surface area contributed by atoms with E-state index >= 15 is 0 Å². The van der Waals surface area contributed by atoms with Crippen LogP contribution in [0, 0.1) is 13.8 Å². The number of hydrogen-bond acceptors (Lipinski definition) is 4. The van der Waals surface area contributed by atoms with Crippen molar-refractivity contribution in [3.05, 3.63) is 63.6 Å². The summed E-state index contributed by atoms with van der Waals surface area (Å²) in [6.45, 7) is 4.99. The summed E-state index contributed by atoms with van der Waals surface area (Å²) in [5.41, 5.74) is 1.85. The van der Waals surface area contributed by atoms with Crippen molar-refractivity contribution in [3.8, 4) is 0 Å². The summed E-state index contributed by atoms with van der Waals surface area (Å²) in [4.78, 5) is 13.4. The highest BCUT2D eigenvalue weighted by Crippen LogP contribution is 2.35. The summed E-state index contributed by atoms with van der Waals surface area (Å²) in [6, 6.07) is 13.1. The van der Waals surface area contributed by atoms with Gasteiger partial charge < -0.3 is 10.1 Å². The maximum absolute atomic E-state index is 13.1. The molecular weight excluding hydrogens is 468 g/mol. The number of rotatable bonds is 7. The molecular formula is C22H27BrN2O4S. The molecule has 0 spiro atoms. The summed E-state index contributed by atoms with van der Waals surface area (Å²) < 4.78 is 34.3. The van der Waals surface area contributed by atoms with E-state index in [2.05, 4.69) is 26.0 Å². The third kappa shape index (κ3) is 5.11. The maximum Gasteiger partial charge on any atom is 0.240 e. The molecule has 162 valence electrons. The third-order valence-corrected chi connectivity index (χ3v) is 7.65. The number of ether oxygens (including phenoxy) is 1. The fourth-order valence-electron chi connectivity index (χ4n) is 3.74. The van der Waals surface area contributed by atoms with Gasteiger partial charge in [-0.2, -0.15) is 0 Å². The number of carbonyl (C=O) groups is 1. The Kier molecular flexibility index (Phi) is 7.34. The molecule has 2 N–H and O–H groups in total. The number of sulfonamides is 1. The minimum Gasteiger partial charge on any atom is -0.381 e. The number of benzene rings is 2. The number of nitrogens with one attached hydrogen (secondary N) is 2. The Labute approximate surface area is 186 Å². The van der Waals surface area contributed by atoms with Crippen LogP contribution in [-0.4, -0.2) is 40.6 Å². The molecule has 0 atom stereocenters. The molecule has 1 amide bonds. The first kappa shape index (κ1) is 22.9. The first-order valence-corrected chi connectivity index (χ1v) is 12.2. The van der Waals surface area contributed by atoms with Crippen LogP contribution >= 0.6 is 15.9 Å². The normalized spacial score (nSPS) is 16.2. The lowest BCUT2D eigenvalue weighted by molar-refractivity contribution is -0.130. The van der Waals surface area contributed by atoms with Crippen molar-refractivity contribution in [2.45, 2.75) is 37.0 Å². The second-order valence-electron chi connectivity index (χ2n) is 7.62. The van der Waals surface area contributed by atoms with E-state index in [-0.39, 0.29) is 23.9 Å². The molecule has 0 radical (unpaired) electrons. The van der Waals surface area contributed by atoms with Crippen LogP contribution in [0.4, 0.5) is 0 Å². The van der Waals surface area contributed by atoms with E-state index in [0.29, 0.717) is 31.6 Å². The van der Waals surface area contributed by atoms with Crippen LogP contribution in [0.25, 0.3) is 0 Å². The molecule has 0 saturated carbocycles.